The molecule has 6 nitrogen and oxygen atoms in total. The summed E-state index contributed by atoms with van der Waals surface area (Å²) in [6.07, 6.45) is 2.74. The predicted molar refractivity (Wildman–Crippen MR) is 126 cm³/mol. The topological polar surface area (TPSA) is 89.8 Å². The molecule has 0 amide bonds. The first-order chi connectivity index (χ1) is 15.6. The minimum Gasteiger partial charge on any atom is -0.365 e. The molecular weight excluding hydrogens is 420 g/mol. The van der Waals surface area contributed by atoms with Crippen molar-refractivity contribution in [3.8, 4) is 6.07 Å². The summed E-state index contributed by atoms with van der Waals surface area (Å²) in [4.78, 5) is 35.1. The quantitative estimate of drug-likeness (QED) is 0.335. The number of hydrogen-bond donors (Lipinski definition) is 1. The van der Waals surface area contributed by atoms with Crippen LogP contribution in [0.5, 0.6) is 0 Å². The zero-order valence-electron chi connectivity index (χ0n) is 17.9. The van der Waals surface area contributed by atoms with Gasteiger partial charge in [-0.1, -0.05) is 49.0 Å². The van der Waals surface area contributed by atoms with Crippen LogP contribution < -0.4 is 10.5 Å². The van der Waals surface area contributed by atoms with Gasteiger partial charge in [0.05, 0.1) is 29.6 Å². The van der Waals surface area contributed by atoms with Gasteiger partial charge in [-0.2, -0.15) is 5.26 Å². The van der Waals surface area contributed by atoms with E-state index in [1.54, 1.807) is 24.3 Å². The Hall–Kier alpha value is -3.37. The van der Waals surface area contributed by atoms with Crippen molar-refractivity contribution in [2.24, 2.45) is 0 Å². The number of hydrogen-bond acceptors (Lipinski definition) is 6. The van der Waals surface area contributed by atoms with Crippen LogP contribution in [-0.4, -0.2) is 28.0 Å². The molecule has 0 bridgehead atoms. The Morgan fingerprint density at radius 3 is 2.75 bits per heavy atom. The van der Waals surface area contributed by atoms with Gasteiger partial charge in [0.15, 0.2) is 10.9 Å². The molecule has 0 saturated carbocycles. The van der Waals surface area contributed by atoms with Crippen LogP contribution in [0.15, 0.2) is 58.5 Å². The van der Waals surface area contributed by atoms with E-state index in [-0.39, 0.29) is 17.1 Å². The summed E-state index contributed by atoms with van der Waals surface area (Å²) in [6, 6.07) is 17.0. The average molecular weight is 445 g/mol. The molecule has 2 aromatic carbocycles. The smallest absolute Gasteiger partial charge is 0.255 e. The molecule has 0 radical (unpaired) electrons. The van der Waals surface area contributed by atoms with E-state index < -0.39 is 0 Å². The van der Waals surface area contributed by atoms with Gasteiger partial charge in [-0.15, -0.1) is 0 Å². The van der Waals surface area contributed by atoms with Gasteiger partial charge < -0.3 is 9.88 Å². The van der Waals surface area contributed by atoms with Gasteiger partial charge in [0.2, 0.25) is 0 Å². The molecule has 3 aromatic rings. The standard InChI is InChI=1S/C25H24N4O2S/c1-2-20-21(15-29-13-5-7-18-6-3-4-8-22(18)29)27-25(28-24(20)31)32-16-23(30)19-11-9-17(14-26)10-12-19/h3-4,6,8-12H,2,5,7,13,15-16H2,1H3,(H,27,28,31). The maximum Gasteiger partial charge on any atom is 0.255 e. The largest absolute Gasteiger partial charge is 0.365 e. The van der Waals surface area contributed by atoms with Gasteiger partial charge in [-0.05, 0) is 43.0 Å². The molecule has 32 heavy (non-hydrogen) atoms. The van der Waals surface area contributed by atoms with E-state index in [2.05, 4.69) is 28.1 Å². The first-order valence-electron chi connectivity index (χ1n) is 10.7. The summed E-state index contributed by atoms with van der Waals surface area (Å²) in [6.45, 7) is 3.46. The van der Waals surface area contributed by atoms with Crippen LogP contribution in [0.2, 0.25) is 0 Å². The van der Waals surface area contributed by atoms with Crippen LogP contribution in [0.4, 0.5) is 5.69 Å². The Morgan fingerprint density at radius 1 is 1.22 bits per heavy atom. The Morgan fingerprint density at radius 2 is 2.00 bits per heavy atom. The molecule has 1 N–H and O–H groups in total. The molecule has 1 aliphatic heterocycles. The highest BCUT2D eigenvalue weighted by Crippen LogP contribution is 2.28. The van der Waals surface area contributed by atoms with Gasteiger partial charge in [0, 0.05) is 23.4 Å². The highest BCUT2D eigenvalue weighted by molar-refractivity contribution is 7.99. The predicted octanol–water partition coefficient (Wildman–Crippen LogP) is 4.13. The summed E-state index contributed by atoms with van der Waals surface area (Å²) >= 11 is 1.23. The molecule has 0 saturated heterocycles. The number of thioether (sulfide) groups is 1. The van der Waals surface area contributed by atoms with Gasteiger partial charge in [-0.25, -0.2) is 4.98 Å². The number of benzene rings is 2. The van der Waals surface area contributed by atoms with Crippen LogP contribution in [-0.2, 0) is 19.4 Å². The number of carbonyl (C=O) groups is 1. The van der Waals surface area contributed by atoms with Crippen LogP contribution in [0.3, 0.4) is 0 Å². The van der Waals surface area contributed by atoms with E-state index in [0.717, 1.165) is 25.1 Å². The number of fused-ring (bicyclic) bond motifs is 1. The number of aryl methyl sites for hydroxylation is 1. The van der Waals surface area contributed by atoms with Crippen LogP contribution >= 0.6 is 11.8 Å². The second-order valence-electron chi connectivity index (χ2n) is 7.70. The van der Waals surface area contributed by atoms with E-state index in [0.29, 0.717) is 34.8 Å². The van der Waals surface area contributed by atoms with Crippen molar-refractivity contribution in [2.45, 2.75) is 37.9 Å². The van der Waals surface area contributed by atoms with E-state index >= 15 is 0 Å². The van der Waals surface area contributed by atoms with Crippen molar-refractivity contribution < 1.29 is 4.79 Å². The molecule has 7 heteroatoms. The minimum absolute atomic E-state index is 0.0757. The Balaban J connectivity index is 1.53. The third-order valence-corrected chi connectivity index (χ3v) is 6.53. The van der Waals surface area contributed by atoms with Gasteiger partial charge in [-0.3, -0.25) is 9.59 Å². The van der Waals surface area contributed by atoms with Gasteiger partial charge >= 0.3 is 0 Å². The number of nitrogens with one attached hydrogen (secondary N) is 1. The second-order valence-corrected chi connectivity index (χ2v) is 8.67. The zero-order chi connectivity index (χ0) is 22.5. The number of anilines is 1. The number of para-hydroxylation sites is 1. The highest BCUT2D eigenvalue weighted by Gasteiger charge is 2.20. The first kappa shape index (κ1) is 21.8. The number of carbonyl (C=O) groups excluding carboxylic acids is 1. The summed E-state index contributed by atoms with van der Waals surface area (Å²) in [5.41, 5.74) is 4.89. The SMILES string of the molecule is CCc1c(CN2CCCc3ccccc32)nc(SCC(=O)c2ccc(C#N)cc2)[nH]c1=O. The summed E-state index contributed by atoms with van der Waals surface area (Å²) in [7, 11) is 0. The fourth-order valence-electron chi connectivity index (χ4n) is 3.99. The van der Waals surface area contributed by atoms with Gasteiger partial charge in [0.25, 0.3) is 5.56 Å². The van der Waals surface area contributed by atoms with Crippen LogP contribution in [0, 0.1) is 11.3 Å². The lowest BCUT2D eigenvalue weighted by Crippen LogP contribution is -2.31. The minimum atomic E-state index is -0.142. The number of H-pyrrole nitrogens is 1. The summed E-state index contributed by atoms with van der Waals surface area (Å²) in [5, 5.41) is 9.35. The number of nitriles is 1. The zero-order valence-corrected chi connectivity index (χ0v) is 18.7. The lowest BCUT2D eigenvalue weighted by atomic mass is 10.0. The first-order valence-corrected chi connectivity index (χ1v) is 11.7. The van der Waals surface area contributed by atoms with E-state index in [4.69, 9.17) is 10.2 Å². The molecule has 4 rings (SSSR count). The number of rotatable bonds is 7. The molecule has 0 aliphatic carbocycles. The number of ketones is 1. The van der Waals surface area contributed by atoms with Crippen molar-refractivity contribution in [2.75, 3.05) is 17.2 Å². The molecule has 0 spiro atoms. The maximum atomic E-state index is 12.7. The lowest BCUT2D eigenvalue weighted by molar-refractivity contribution is 0.102. The second kappa shape index (κ2) is 9.84. The van der Waals surface area contributed by atoms with Crippen molar-refractivity contribution >= 4 is 23.2 Å². The molecule has 1 aromatic heterocycles. The fourth-order valence-corrected chi connectivity index (χ4v) is 4.76. The third kappa shape index (κ3) is 4.76. The molecule has 0 fully saturated rings. The number of aromatic amines is 1. The van der Waals surface area contributed by atoms with Gasteiger partial charge in [0.1, 0.15) is 0 Å². The normalized spacial score (nSPS) is 12.8. The molecule has 1 aliphatic rings. The molecule has 0 atom stereocenters. The van der Waals surface area contributed by atoms with E-state index in [1.165, 1.54) is 23.0 Å². The Bertz CT molecular complexity index is 1230. The monoisotopic (exact) mass is 444 g/mol. The Labute approximate surface area is 191 Å². The maximum absolute atomic E-state index is 12.7. The van der Waals surface area contributed by atoms with Crippen molar-refractivity contribution in [3.05, 3.63) is 86.8 Å². The third-order valence-electron chi connectivity index (χ3n) is 5.66. The molecular formula is C25H24N4O2S. The fraction of sp³-hybridized carbons (Fsp3) is 0.280. The molecule has 0 unspecified atom stereocenters. The van der Waals surface area contributed by atoms with Crippen molar-refractivity contribution in [1.82, 2.24) is 9.97 Å². The Kier molecular flexibility index (Phi) is 6.72. The number of aromatic nitrogens is 2. The average Bonchev–Trinajstić information content (AvgIpc) is 2.83. The van der Waals surface area contributed by atoms with E-state index in [9.17, 15) is 9.59 Å². The van der Waals surface area contributed by atoms with Crippen LogP contribution in [0.25, 0.3) is 0 Å². The van der Waals surface area contributed by atoms with Crippen molar-refractivity contribution in [3.63, 3.8) is 0 Å². The summed E-state index contributed by atoms with van der Waals surface area (Å²) in [5.74, 6) is 0.0833. The van der Waals surface area contributed by atoms with Crippen molar-refractivity contribution in [1.29, 1.82) is 5.26 Å². The summed E-state index contributed by atoms with van der Waals surface area (Å²) < 4.78 is 0. The number of Topliss-reactive ketones (excluding diaryl/α,β-unsaturated/α-hetero) is 1. The number of nitrogens with zero attached hydrogens (tertiary/aromatic N) is 3. The van der Waals surface area contributed by atoms with Crippen LogP contribution in [0.1, 0.15) is 46.1 Å². The molecule has 162 valence electrons. The van der Waals surface area contributed by atoms with E-state index in [1.807, 2.05) is 19.1 Å². The lowest BCUT2D eigenvalue weighted by Gasteiger charge is -2.31. The highest BCUT2D eigenvalue weighted by atomic mass is 32.2. The molecule has 2 heterocycles.